The van der Waals surface area contributed by atoms with Crippen LogP contribution in [0.1, 0.15) is 30.3 Å². The molecule has 0 aromatic carbocycles. The lowest BCUT2D eigenvalue weighted by molar-refractivity contribution is -0.139. The van der Waals surface area contributed by atoms with E-state index >= 15 is 0 Å². The summed E-state index contributed by atoms with van der Waals surface area (Å²) in [7, 11) is 0. The third-order valence-corrected chi connectivity index (χ3v) is 2.71. The van der Waals surface area contributed by atoms with Gasteiger partial charge in [-0.25, -0.2) is 9.48 Å². The number of nitrogens with one attached hydrogen (secondary N) is 1. The zero-order valence-corrected chi connectivity index (χ0v) is 10.0. The molecule has 1 aliphatic rings. The van der Waals surface area contributed by atoms with Gasteiger partial charge in [-0.15, -0.1) is 0 Å². The fourth-order valence-electron chi connectivity index (χ4n) is 1.80. The number of carboxylic acids is 1. The smallest absolute Gasteiger partial charge is 0.326 e. The van der Waals surface area contributed by atoms with E-state index in [0.29, 0.717) is 31.9 Å². The number of aromatic nitrogens is 2. The Hall–Kier alpha value is -2.05. The summed E-state index contributed by atoms with van der Waals surface area (Å²) in [6, 6.07) is 0.646. The molecule has 1 atom stereocenters. The average molecular weight is 253 g/mol. The van der Waals surface area contributed by atoms with E-state index in [1.807, 2.05) is 6.92 Å². The van der Waals surface area contributed by atoms with E-state index in [1.165, 1.54) is 6.07 Å². The summed E-state index contributed by atoms with van der Waals surface area (Å²) in [6.07, 6.45) is 1.07. The molecular formula is C11H15N3O4. The maximum atomic E-state index is 11.8. The standard InChI is InChI=1S/C11H15N3O4/c1-2-3-7(11(16)17)12-10(15)8-6-9-14(13-8)4-5-18-9/h6-7H,2-5H2,1H3,(H,12,15)(H,16,17)/t7-/m0/s1. The van der Waals surface area contributed by atoms with Crippen molar-refractivity contribution in [2.45, 2.75) is 32.4 Å². The van der Waals surface area contributed by atoms with E-state index in [9.17, 15) is 9.59 Å². The molecule has 18 heavy (non-hydrogen) atoms. The lowest BCUT2D eigenvalue weighted by atomic mass is 10.1. The van der Waals surface area contributed by atoms with Gasteiger partial charge in [0.1, 0.15) is 12.6 Å². The van der Waals surface area contributed by atoms with Crippen molar-refractivity contribution in [3.63, 3.8) is 0 Å². The van der Waals surface area contributed by atoms with Crippen LogP contribution in [0.25, 0.3) is 0 Å². The molecule has 0 spiro atoms. The van der Waals surface area contributed by atoms with Gasteiger partial charge in [-0.05, 0) is 6.42 Å². The molecule has 7 heteroatoms. The zero-order chi connectivity index (χ0) is 13.1. The third-order valence-electron chi connectivity index (χ3n) is 2.71. The van der Waals surface area contributed by atoms with Gasteiger partial charge in [-0.3, -0.25) is 4.79 Å². The molecule has 0 saturated heterocycles. The number of fused-ring (bicyclic) bond motifs is 1. The number of rotatable bonds is 5. The first-order valence-corrected chi connectivity index (χ1v) is 5.86. The van der Waals surface area contributed by atoms with Crippen LogP contribution in [0, 0.1) is 0 Å². The molecule has 2 rings (SSSR count). The van der Waals surface area contributed by atoms with Crippen LogP contribution >= 0.6 is 0 Å². The number of carboxylic acid groups (broad SMARTS) is 1. The summed E-state index contributed by atoms with van der Waals surface area (Å²) < 4.78 is 6.82. The molecule has 0 fully saturated rings. The van der Waals surface area contributed by atoms with Crippen molar-refractivity contribution < 1.29 is 19.4 Å². The van der Waals surface area contributed by atoms with E-state index in [1.54, 1.807) is 4.68 Å². The fourth-order valence-corrected chi connectivity index (χ4v) is 1.80. The van der Waals surface area contributed by atoms with Crippen LogP contribution in [-0.4, -0.2) is 39.4 Å². The van der Waals surface area contributed by atoms with Crippen LogP contribution in [0.15, 0.2) is 6.07 Å². The minimum absolute atomic E-state index is 0.187. The molecule has 0 unspecified atom stereocenters. The molecule has 7 nitrogen and oxygen atoms in total. The predicted octanol–water partition coefficient (Wildman–Crippen LogP) is 0.259. The highest BCUT2D eigenvalue weighted by Crippen LogP contribution is 2.18. The Morgan fingerprint density at radius 2 is 2.44 bits per heavy atom. The normalized spacial score (nSPS) is 14.7. The van der Waals surface area contributed by atoms with Gasteiger partial charge >= 0.3 is 5.97 Å². The Labute approximate surface area is 104 Å². The molecule has 2 N–H and O–H groups in total. The summed E-state index contributed by atoms with van der Waals surface area (Å²) in [5, 5.41) is 15.5. The molecule has 2 heterocycles. The lowest BCUT2D eigenvalue weighted by Gasteiger charge is -2.12. The Balaban J connectivity index is 2.04. The van der Waals surface area contributed by atoms with E-state index < -0.39 is 17.9 Å². The van der Waals surface area contributed by atoms with Crippen molar-refractivity contribution in [3.05, 3.63) is 11.8 Å². The second-order valence-electron chi connectivity index (χ2n) is 4.09. The van der Waals surface area contributed by atoms with Crippen LogP contribution in [0.2, 0.25) is 0 Å². The average Bonchev–Trinajstić information content (AvgIpc) is 2.87. The van der Waals surface area contributed by atoms with Crippen molar-refractivity contribution in [2.24, 2.45) is 0 Å². The largest absolute Gasteiger partial charge is 0.480 e. The second kappa shape index (κ2) is 5.07. The quantitative estimate of drug-likeness (QED) is 0.785. The summed E-state index contributed by atoms with van der Waals surface area (Å²) >= 11 is 0. The SMILES string of the molecule is CCC[C@H](NC(=O)c1cc2n(n1)CCO2)C(=O)O. The van der Waals surface area contributed by atoms with Gasteiger partial charge in [0.2, 0.25) is 5.88 Å². The number of hydrogen-bond acceptors (Lipinski definition) is 4. The maximum Gasteiger partial charge on any atom is 0.326 e. The van der Waals surface area contributed by atoms with Crippen molar-refractivity contribution in [3.8, 4) is 5.88 Å². The molecular weight excluding hydrogens is 238 g/mol. The molecule has 0 bridgehead atoms. The van der Waals surface area contributed by atoms with Crippen LogP contribution in [0.5, 0.6) is 5.88 Å². The summed E-state index contributed by atoms with van der Waals surface area (Å²) in [4.78, 5) is 22.8. The van der Waals surface area contributed by atoms with Gasteiger partial charge in [0.05, 0.1) is 6.54 Å². The molecule has 1 aromatic rings. The first kappa shape index (κ1) is 12.4. The third kappa shape index (κ3) is 2.44. The van der Waals surface area contributed by atoms with Gasteiger partial charge < -0.3 is 15.2 Å². The van der Waals surface area contributed by atoms with Crippen molar-refractivity contribution in [1.29, 1.82) is 0 Å². The number of amides is 1. The highest BCUT2D eigenvalue weighted by atomic mass is 16.5. The first-order chi connectivity index (χ1) is 8.61. The number of aliphatic carboxylic acids is 1. The van der Waals surface area contributed by atoms with Gasteiger partial charge in [-0.1, -0.05) is 13.3 Å². The van der Waals surface area contributed by atoms with Gasteiger partial charge in [0.25, 0.3) is 5.91 Å². The number of carbonyl (C=O) groups excluding carboxylic acids is 1. The Bertz CT molecular complexity index is 447. The van der Waals surface area contributed by atoms with E-state index in [2.05, 4.69) is 10.4 Å². The highest BCUT2D eigenvalue weighted by molar-refractivity contribution is 5.95. The van der Waals surface area contributed by atoms with Crippen molar-refractivity contribution >= 4 is 11.9 Å². The lowest BCUT2D eigenvalue weighted by Crippen LogP contribution is -2.40. The highest BCUT2D eigenvalue weighted by Gasteiger charge is 2.23. The van der Waals surface area contributed by atoms with Crippen LogP contribution < -0.4 is 10.1 Å². The van der Waals surface area contributed by atoms with Crippen LogP contribution in [0.4, 0.5) is 0 Å². The van der Waals surface area contributed by atoms with E-state index in [-0.39, 0.29) is 5.69 Å². The first-order valence-electron chi connectivity index (χ1n) is 5.86. The molecule has 0 radical (unpaired) electrons. The summed E-state index contributed by atoms with van der Waals surface area (Å²) in [6.45, 7) is 3.03. The molecule has 0 saturated carbocycles. The minimum Gasteiger partial charge on any atom is -0.480 e. The van der Waals surface area contributed by atoms with Crippen LogP contribution in [-0.2, 0) is 11.3 Å². The maximum absolute atomic E-state index is 11.8. The molecule has 1 aromatic heterocycles. The molecule has 1 amide bonds. The van der Waals surface area contributed by atoms with Crippen molar-refractivity contribution in [1.82, 2.24) is 15.1 Å². The zero-order valence-electron chi connectivity index (χ0n) is 10.0. The Kier molecular flexibility index (Phi) is 3.50. The number of carbonyl (C=O) groups is 2. The number of hydrogen-bond donors (Lipinski definition) is 2. The summed E-state index contributed by atoms with van der Waals surface area (Å²) in [5.74, 6) is -0.975. The fraction of sp³-hybridized carbons (Fsp3) is 0.545. The molecule has 0 aliphatic carbocycles. The van der Waals surface area contributed by atoms with Crippen LogP contribution in [0.3, 0.4) is 0 Å². The van der Waals surface area contributed by atoms with Gasteiger partial charge in [0.15, 0.2) is 5.69 Å². The monoisotopic (exact) mass is 253 g/mol. The predicted molar refractivity (Wildman–Crippen MR) is 61.5 cm³/mol. The van der Waals surface area contributed by atoms with E-state index in [4.69, 9.17) is 9.84 Å². The van der Waals surface area contributed by atoms with E-state index in [0.717, 1.165) is 0 Å². The van der Waals surface area contributed by atoms with Gasteiger partial charge in [0, 0.05) is 6.07 Å². The minimum atomic E-state index is -1.03. The summed E-state index contributed by atoms with van der Waals surface area (Å²) in [5.41, 5.74) is 0.187. The Morgan fingerprint density at radius 3 is 3.06 bits per heavy atom. The van der Waals surface area contributed by atoms with Gasteiger partial charge in [-0.2, -0.15) is 5.10 Å². The van der Waals surface area contributed by atoms with Crippen molar-refractivity contribution in [2.75, 3.05) is 6.61 Å². The topological polar surface area (TPSA) is 93.5 Å². The number of nitrogens with zero attached hydrogens (tertiary/aromatic N) is 2. The second-order valence-corrected chi connectivity index (χ2v) is 4.09. The Morgan fingerprint density at radius 1 is 1.67 bits per heavy atom. The number of ether oxygens (including phenoxy) is 1. The molecule has 1 aliphatic heterocycles. The molecule has 98 valence electrons.